The fourth-order valence-corrected chi connectivity index (χ4v) is 1.87. The summed E-state index contributed by atoms with van der Waals surface area (Å²) in [6.07, 6.45) is 0. The molecule has 0 bridgehead atoms. The average Bonchev–Trinajstić information content (AvgIpc) is 2.38. The highest BCUT2D eigenvalue weighted by molar-refractivity contribution is 6.32. The fraction of sp³-hybridized carbons (Fsp3) is 0.154. The normalized spacial score (nSPS) is 10.4. The maximum atomic E-state index is 5.96. The van der Waals surface area contributed by atoms with Crippen molar-refractivity contribution in [2.45, 2.75) is 13.2 Å². The van der Waals surface area contributed by atoms with Crippen molar-refractivity contribution in [3.63, 3.8) is 0 Å². The SMILES string of the molecule is NCc1cccc(OCc2ccc(Cl)nc2Cl)c1. The number of hydrogen-bond donors (Lipinski definition) is 1. The summed E-state index contributed by atoms with van der Waals surface area (Å²) < 4.78 is 5.63. The zero-order valence-corrected chi connectivity index (χ0v) is 11.1. The summed E-state index contributed by atoms with van der Waals surface area (Å²) >= 11 is 11.7. The Kier molecular flexibility index (Phi) is 4.42. The van der Waals surface area contributed by atoms with Crippen LogP contribution in [0, 0.1) is 0 Å². The molecule has 0 amide bonds. The molecule has 0 spiro atoms. The van der Waals surface area contributed by atoms with Crippen molar-refractivity contribution in [2.75, 3.05) is 0 Å². The number of pyridine rings is 1. The molecule has 0 saturated heterocycles. The van der Waals surface area contributed by atoms with Crippen LogP contribution in [0.1, 0.15) is 11.1 Å². The van der Waals surface area contributed by atoms with Crippen LogP contribution in [0.3, 0.4) is 0 Å². The third-order valence-electron chi connectivity index (χ3n) is 2.42. The standard InChI is InChI=1S/C13H12Cl2N2O/c14-12-5-4-10(13(15)17-12)8-18-11-3-1-2-9(6-11)7-16/h1-6H,7-8,16H2. The van der Waals surface area contributed by atoms with E-state index < -0.39 is 0 Å². The maximum Gasteiger partial charge on any atom is 0.137 e. The van der Waals surface area contributed by atoms with Gasteiger partial charge in [-0.1, -0.05) is 35.3 Å². The van der Waals surface area contributed by atoms with Gasteiger partial charge in [0.2, 0.25) is 0 Å². The number of rotatable bonds is 4. The number of benzene rings is 1. The minimum absolute atomic E-state index is 0.344. The van der Waals surface area contributed by atoms with Gasteiger partial charge in [0.25, 0.3) is 0 Å². The summed E-state index contributed by atoms with van der Waals surface area (Å²) in [4.78, 5) is 3.95. The predicted octanol–water partition coefficient (Wildman–Crippen LogP) is 3.43. The van der Waals surface area contributed by atoms with Crippen molar-refractivity contribution >= 4 is 23.2 Å². The summed E-state index contributed by atoms with van der Waals surface area (Å²) in [5.74, 6) is 0.754. The second kappa shape index (κ2) is 6.05. The van der Waals surface area contributed by atoms with E-state index in [1.807, 2.05) is 24.3 Å². The van der Waals surface area contributed by atoms with Gasteiger partial charge in [0.15, 0.2) is 0 Å². The van der Waals surface area contributed by atoms with Crippen LogP contribution in [0.2, 0.25) is 10.3 Å². The smallest absolute Gasteiger partial charge is 0.137 e. The third-order valence-corrected chi connectivity index (χ3v) is 2.96. The van der Waals surface area contributed by atoms with Crippen molar-refractivity contribution in [1.82, 2.24) is 4.98 Å². The number of halogens is 2. The molecule has 2 aromatic rings. The molecule has 0 radical (unpaired) electrons. The van der Waals surface area contributed by atoms with Gasteiger partial charge >= 0.3 is 0 Å². The fourth-order valence-electron chi connectivity index (χ4n) is 1.47. The van der Waals surface area contributed by atoms with Gasteiger partial charge in [0.05, 0.1) is 0 Å². The molecule has 1 aromatic carbocycles. The second-order valence-corrected chi connectivity index (χ2v) is 4.47. The number of hydrogen-bond acceptors (Lipinski definition) is 3. The van der Waals surface area contributed by atoms with Gasteiger partial charge in [-0.15, -0.1) is 0 Å². The summed E-state index contributed by atoms with van der Waals surface area (Å²) in [7, 11) is 0. The van der Waals surface area contributed by atoms with Crippen molar-refractivity contribution in [2.24, 2.45) is 5.73 Å². The Morgan fingerprint density at radius 1 is 1.17 bits per heavy atom. The molecule has 0 saturated carbocycles. The molecule has 3 nitrogen and oxygen atoms in total. The van der Waals surface area contributed by atoms with Gasteiger partial charge in [-0.25, -0.2) is 4.98 Å². The van der Waals surface area contributed by atoms with E-state index in [0.717, 1.165) is 16.9 Å². The lowest BCUT2D eigenvalue weighted by Crippen LogP contribution is -2.00. The molecule has 0 fully saturated rings. The average molecular weight is 283 g/mol. The molecule has 0 atom stereocenters. The zero-order chi connectivity index (χ0) is 13.0. The van der Waals surface area contributed by atoms with Crippen LogP contribution in [0.5, 0.6) is 5.75 Å². The summed E-state index contributed by atoms with van der Waals surface area (Å²) in [5.41, 5.74) is 7.38. The Bertz CT molecular complexity index is 546. The minimum atomic E-state index is 0.344. The lowest BCUT2D eigenvalue weighted by atomic mass is 10.2. The first-order valence-electron chi connectivity index (χ1n) is 5.42. The molecule has 2 N–H and O–H groups in total. The van der Waals surface area contributed by atoms with E-state index >= 15 is 0 Å². The monoisotopic (exact) mass is 282 g/mol. The van der Waals surface area contributed by atoms with E-state index in [4.69, 9.17) is 33.7 Å². The van der Waals surface area contributed by atoms with Crippen LogP contribution in [-0.4, -0.2) is 4.98 Å². The van der Waals surface area contributed by atoms with E-state index in [-0.39, 0.29) is 0 Å². The van der Waals surface area contributed by atoms with Gasteiger partial charge in [0, 0.05) is 12.1 Å². The molecule has 0 aliphatic heterocycles. The first-order chi connectivity index (χ1) is 8.69. The lowest BCUT2D eigenvalue weighted by Gasteiger charge is -2.08. The molecule has 1 heterocycles. The third kappa shape index (κ3) is 3.35. The van der Waals surface area contributed by atoms with Gasteiger partial charge in [-0.2, -0.15) is 0 Å². The van der Waals surface area contributed by atoms with Crippen LogP contribution in [0.4, 0.5) is 0 Å². The lowest BCUT2D eigenvalue weighted by molar-refractivity contribution is 0.305. The number of nitrogens with two attached hydrogens (primary N) is 1. The summed E-state index contributed by atoms with van der Waals surface area (Å²) in [6.45, 7) is 0.831. The second-order valence-electron chi connectivity index (χ2n) is 3.72. The quantitative estimate of drug-likeness (QED) is 0.874. The van der Waals surface area contributed by atoms with Gasteiger partial charge < -0.3 is 10.5 Å². The zero-order valence-electron chi connectivity index (χ0n) is 9.57. The first kappa shape index (κ1) is 13.1. The predicted molar refractivity (Wildman–Crippen MR) is 72.9 cm³/mol. The first-order valence-corrected chi connectivity index (χ1v) is 6.17. The van der Waals surface area contributed by atoms with E-state index in [1.165, 1.54) is 0 Å². The van der Waals surface area contributed by atoms with Crippen molar-refractivity contribution < 1.29 is 4.74 Å². The number of ether oxygens (including phenoxy) is 1. The number of nitrogens with zero attached hydrogens (tertiary/aromatic N) is 1. The van der Waals surface area contributed by atoms with Gasteiger partial charge in [-0.05, 0) is 29.8 Å². The van der Waals surface area contributed by atoms with E-state index in [9.17, 15) is 0 Å². The van der Waals surface area contributed by atoms with Crippen LogP contribution in [-0.2, 0) is 13.2 Å². The molecule has 1 aromatic heterocycles. The minimum Gasteiger partial charge on any atom is -0.489 e. The molecular formula is C13H12Cl2N2O. The number of aromatic nitrogens is 1. The van der Waals surface area contributed by atoms with E-state index in [0.29, 0.717) is 23.5 Å². The summed E-state index contributed by atoms with van der Waals surface area (Å²) in [5, 5.41) is 0.728. The molecule has 0 unspecified atom stereocenters. The Balaban J connectivity index is 2.06. The van der Waals surface area contributed by atoms with Crippen LogP contribution in [0.15, 0.2) is 36.4 Å². The van der Waals surface area contributed by atoms with E-state index in [2.05, 4.69) is 4.98 Å². The van der Waals surface area contributed by atoms with Crippen molar-refractivity contribution in [1.29, 1.82) is 0 Å². The van der Waals surface area contributed by atoms with E-state index in [1.54, 1.807) is 12.1 Å². The molecule has 18 heavy (non-hydrogen) atoms. The van der Waals surface area contributed by atoms with Gasteiger partial charge in [0.1, 0.15) is 22.7 Å². The molecule has 0 aliphatic rings. The largest absolute Gasteiger partial charge is 0.489 e. The van der Waals surface area contributed by atoms with Gasteiger partial charge in [-0.3, -0.25) is 0 Å². The Morgan fingerprint density at radius 3 is 2.72 bits per heavy atom. The molecule has 94 valence electrons. The Labute approximate surface area is 115 Å². The molecular weight excluding hydrogens is 271 g/mol. The summed E-state index contributed by atoms with van der Waals surface area (Å²) in [6, 6.07) is 11.1. The Morgan fingerprint density at radius 2 is 2.00 bits per heavy atom. The van der Waals surface area contributed by atoms with Crippen molar-refractivity contribution in [3.8, 4) is 5.75 Å². The van der Waals surface area contributed by atoms with Crippen LogP contribution < -0.4 is 10.5 Å². The topological polar surface area (TPSA) is 48.1 Å². The molecule has 5 heteroatoms. The van der Waals surface area contributed by atoms with Crippen LogP contribution >= 0.6 is 23.2 Å². The molecule has 0 aliphatic carbocycles. The Hall–Kier alpha value is -1.29. The highest BCUT2D eigenvalue weighted by Crippen LogP contribution is 2.20. The van der Waals surface area contributed by atoms with Crippen molar-refractivity contribution in [3.05, 3.63) is 57.8 Å². The maximum absolute atomic E-state index is 5.96. The van der Waals surface area contributed by atoms with Crippen LogP contribution in [0.25, 0.3) is 0 Å². The highest BCUT2D eigenvalue weighted by Gasteiger charge is 2.04. The highest BCUT2D eigenvalue weighted by atomic mass is 35.5. The molecule has 2 rings (SSSR count).